The van der Waals surface area contributed by atoms with E-state index >= 15 is 0 Å². The summed E-state index contributed by atoms with van der Waals surface area (Å²) in [7, 11) is 0. The van der Waals surface area contributed by atoms with E-state index in [2.05, 4.69) is 16.8 Å². The lowest BCUT2D eigenvalue weighted by atomic mass is 10.0. The van der Waals surface area contributed by atoms with Crippen molar-refractivity contribution < 1.29 is 4.79 Å². The maximum Gasteiger partial charge on any atom is 0.186 e. The lowest BCUT2D eigenvalue weighted by Crippen LogP contribution is -2.19. The van der Waals surface area contributed by atoms with Crippen molar-refractivity contribution in [2.24, 2.45) is 5.92 Å². The smallest absolute Gasteiger partial charge is 0.186 e. The molecule has 1 aliphatic heterocycles. The van der Waals surface area contributed by atoms with Crippen LogP contribution in [0, 0.1) is 5.92 Å². The second kappa shape index (κ2) is 3.84. The van der Waals surface area contributed by atoms with Crippen molar-refractivity contribution in [3.8, 4) is 0 Å². The molecule has 2 aliphatic rings. The first-order valence-electron chi connectivity index (χ1n) is 6.02. The van der Waals surface area contributed by atoms with Crippen molar-refractivity contribution in [3.63, 3.8) is 0 Å². The number of hydrogen-bond donors (Lipinski definition) is 0. The van der Waals surface area contributed by atoms with Gasteiger partial charge < -0.3 is 4.90 Å². The Morgan fingerprint density at radius 2 is 2.31 bits per heavy atom. The molecule has 1 aromatic rings. The Morgan fingerprint density at radius 3 is 3.00 bits per heavy atom. The molecule has 3 nitrogen and oxygen atoms in total. The Balaban J connectivity index is 1.89. The summed E-state index contributed by atoms with van der Waals surface area (Å²) in [5.41, 5.74) is 0.769. The van der Waals surface area contributed by atoms with Crippen LogP contribution in [0.4, 0.5) is 5.13 Å². The van der Waals surface area contributed by atoms with Crippen molar-refractivity contribution in [2.75, 3.05) is 18.0 Å². The van der Waals surface area contributed by atoms with Crippen LogP contribution in [0.2, 0.25) is 0 Å². The Bertz CT molecular complexity index is 427. The average molecular weight is 236 g/mol. The average Bonchev–Trinajstić information content (AvgIpc) is 2.84. The Morgan fingerprint density at radius 1 is 1.44 bits per heavy atom. The number of aryl methyl sites for hydroxylation is 1. The lowest BCUT2D eigenvalue weighted by Gasteiger charge is -2.13. The van der Waals surface area contributed by atoms with E-state index in [1.165, 1.54) is 11.3 Å². The molecule has 1 unspecified atom stereocenters. The number of hydrogen-bond acceptors (Lipinski definition) is 4. The summed E-state index contributed by atoms with van der Waals surface area (Å²) in [6.45, 7) is 4.47. The van der Waals surface area contributed by atoms with Crippen molar-refractivity contribution in [2.45, 2.75) is 32.6 Å². The zero-order chi connectivity index (χ0) is 11.1. The fourth-order valence-electron chi connectivity index (χ4n) is 2.50. The van der Waals surface area contributed by atoms with Gasteiger partial charge in [0.25, 0.3) is 0 Å². The van der Waals surface area contributed by atoms with Gasteiger partial charge in [0.1, 0.15) is 5.69 Å². The number of carbonyl (C=O) groups excluding carboxylic acids is 1. The van der Waals surface area contributed by atoms with Gasteiger partial charge in [0.05, 0.1) is 0 Å². The van der Waals surface area contributed by atoms with Gasteiger partial charge in [-0.05, 0) is 25.2 Å². The standard InChI is InChI=1S/C12H16N2OS/c1-8-5-6-14(7-8)12-13-11-9(15)3-2-4-10(11)16-12/h8H,2-7H2,1H3. The Labute approximate surface area is 99.5 Å². The molecule has 0 amide bonds. The molecule has 0 spiro atoms. The first-order valence-corrected chi connectivity index (χ1v) is 6.83. The molecule has 1 aromatic heterocycles. The second-order valence-electron chi connectivity index (χ2n) is 4.88. The van der Waals surface area contributed by atoms with Gasteiger partial charge in [-0.25, -0.2) is 4.98 Å². The minimum atomic E-state index is 0.246. The highest BCUT2D eigenvalue weighted by atomic mass is 32.1. The molecule has 0 radical (unpaired) electrons. The molecule has 1 aliphatic carbocycles. The van der Waals surface area contributed by atoms with Crippen molar-refractivity contribution in [1.82, 2.24) is 4.98 Å². The molecule has 1 fully saturated rings. The van der Waals surface area contributed by atoms with E-state index in [1.807, 2.05) is 0 Å². The highest BCUT2D eigenvalue weighted by Gasteiger charge is 2.26. The molecular formula is C12H16N2OS. The summed E-state index contributed by atoms with van der Waals surface area (Å²) in [4.78, 5) is 19.8. The van der Waals surface area contributed by atoms with Crippen LogP contribution in [0.1, 0.15) is 41.6 Å². The maximum absolute atomic E-state index is 11.7. The number of aromatic nitrogens is 1. The first-order chi connectivity index (χ1) is 7.74. The fourth-order valence-corrected chi connectivity index (χ4v) is 3.65. The predicted molar refractivity (Wildman–Crippen MR) is 65.4 cm³/mol. The van der Waals surface area contributed by atoms with Crippen LogP contribution < -0.4 is 4.90 Å². The molecular weight excluding hydrogens is 220 g/mol. The van der Waals surface area contributed by atoms with E-state index < -0.39 is 0 Å². The second-order valence-corrected chi connectivity index (χ2v) is 5.95. The number of Topliss-reactive ketones (excluding diaryl/α,β-unsaturated/α-hetero) is 1. The highest BCUT2D eigenvalue weighted by molar-refractivity contribution is 7.16. The van der Waals surface area contributed by atoms with Crippen LogP contribution >= 0.6 is 11.3 Å². The molecule has 2 heterocycles. The number of fused-ring (bicyclic) bond motifs is 1. The van der Waals surface area contributed by atoms with Gasteiger partial charge in [0.2, 0.25) is 0 Å². The fraction of sp³-hybridized carbons (Fsp3) is 0.667. The number of ketones is 1. The summed E-state index contributed by atoms with van der Waals surface area (Å²) in [6.07, 6.45) is 3.98. The van der Waals surface area contributed by atoms with E-state index in [-0.39, 0.29) is 5.78 Å². The summed E-state index contributed by atoms with van der Waals surface area (Å²) in [5, 5.41) is 1.07. The molecule has 16 heavy (non-hydrogen) atoms. The maximum atomic E-state index is 11.7. The van der Waals surface area contributed by atoms with E-state index in [9.17, 15) is 4.79 Å². The van der Waals surface area contributed by atoms with Crippen LogP contribution in [-0.4, -0.2) is 23.9 Å². The zero-order valence-corrected chi connectivity index (χ0v) is 10.3. The molecule has 1 atom stereocenters. The summed E-state index contributed by atoms with van der Waals surface area (Å²) >= 11 is 1.73. The van der Waals surface area contributed by atoms with Gasteiger partial charge in [-0.3, -0.25) is 4.79 Å². The third-order valence-electron chi connectivity index (χ3n) is 3.45. The number of carbonyl (C=O) groups is 1. The van der Waals surface area contributed by atoms with Crippen molar-refractivity contribution in [3.05, 3.63) is 10.6 Å². The van der Waals surface area contributed by atoms with Gasteiger partial charge >= 0.3 is 0 Å². The molecule has 1 saturated heterocycles. The van der Waals surface area contributed by atoms with Crippen LogP contribution in [0.25, 0.3) is 0 Å². The molecule has 3 rings (SSSR count). The Hall–Kier alpha value is -0.900. The van der Waals surface area contributed by atoms with Gasteiger partial charge in [0.15, 0.2) is 10.9 Å². The van der Waals surface area contributed by atoms with Crippen molar-refractivity contribution in [1.29, 1.82) is 0 Å². The quantitative estimate of drug-likeness (QED) is 0.751. The first kappa shape index (κ1) is 10.3. The van der Waals surface area contributed by atoms with E-state index in [1.54, 1.807) is 11.3 Å². The molecule has 86 valence electrons. The molecule has 0 N–H and O–H groups in total. The summed E-state index contributed by atoms with van der Waals surface area (Å²) < 4.78 is 0. The molecule has 0 saturated carbocycles. The topological polar surface area (TPSA) is 33.2 Å². The van der Waals surface area contributed by atoms with E-state index in [4.69, 9.17) is 0 Å². The number of rotatable bonds is 1. The van der Waals surface area contributed by atoms with Crippen LogP contribution in [-0.2, 0) is 6.42 Å². The molecule has 0 bridgehead atoms. The molecule has 4 heteroatoms. The third-order valence-corrected chi connectivity index (χ3v) is 4.63. The van der Waals surface area contributed by atoms with Crippen molar-refractivity contribution >= 4 is 22.3 Å². The zero-order valence-electron chi connectivity index (χ0n) is 9.53. The third kappa shape index (κ3) is 1.65. The van der Waals surface area contributed by atoms with Gasteiger partial charge in [0, 0.05) is 24.4 Å². The van der Waals surface area contributed by atoms with E-state index in [0.717, 1.165) is 42.7 Å². The Kier molecular flexibility index (Phi) is 2.46. The minimum absolute atomic E-state index is 0.246. The normalized spacial score (nSPS) is 24.9. The SMILES string of the molecule is CC1CCN(c2nc3c(s2)CCCC3=O)C1. The monoisotopic (exact) mass is 236 g/mol. The minimum Gasteiger partial charge on any atom is -0.348 e. The largest absolute Gasteiger partial charge is 0.348 e. The highest BCUT2D eigenvalue weighted by Crippen LogP contribution is 2.33. The van der Waals surface area contributed by atoms with Gasteiger partial charge in [-0.2, -0.15) is 0 Å². The summed E-state index contributed by atoms with van der Waals surface area (Å²) in [5.74, 6) is 1.01. The number of anilines is 1. The molecule has 0 aromatic carbocycles. The van der Waals surface area contributed by atoms with Crippen LogP contribution in [0.15, 0.2) is 0 Å². The van der Waals surface area contributed by atoms with E-state index in [0.29, 0.717) is 6.42 Å². The number of nitrogens with zero attached hydrogens (tertiary/aromatic N) is 2. The van der Waals surface area contributed by atoms with Crippen LogP contribution in [0.5, 0.6) is 0 Å². The van der Waals surface area contributed by atoms with Gasteiger partial charge in [-0.15, -0.1) is 11.3 Å². The summed E-state index contributed by atoms with van der Waals surface area (Å²) in [6, 6.07) is 0. The lowest BCUT2D eigenvalue weighted by molar-refractivity contribution is 0.0968. The van der Waals surface area contributed by atoms with Gasteiger partial charge in [-0.1, -0.05) is 6.92 Å². The number of thiazole rings is 1. The predicted octanol–water partition coefficient (Wildman–Crippen LogP) is 2.51. The van der Waals surface area contributed by atoms with Crippen LogP contribution in [0.3, 0.4) is 0 Å².